The molecule has 2 amide bonds. The molecule has 2 aromatic rings. The second-order valence-corrected chi connectivity index (χ2v) is 5.61. The number of amides is 2. The number of hydrogen-bond acceptors (Lipinski definition) is 5. The fraction of sp³-hybridized carbons (Fsp3) is 0.188. The van der Waals surface area contributed by atoms with Gasteiger partial charge in [-0.15, -0.1) is 11.3 Å². The highest BCUT2D eigenvalue weighted by atomic mass is 32.1. The van der Waals surface area contributed by atoms with E-state index in [0.717, 1.165) is 0 Å². The lowest BCUT2D eigenvalue weighted by atomic mass is 10.3. The molecule has 0 saturated heterocycles. The van der Waals surface area contributed by atoms with E-state index in [1.807, 2.05) is 5.38 Å². The number of benzene rings is 1. The SMILES string of the molecule is CC(=O)Nc1ccc(OC(=O)CCNC(=O)c2cccs2)cc1. The van der Waals surface area contributed by atoms with Crippen molar-refractivity contribution in [2.75, 3.05) is 11.9 Å². The fourth-order valence-electron chi connectivity index (χ4n) is 1.77. The van der Waals surface area contributed by atoms with Crippen LogP contribution in [0.1, 0.15) is 23.0 Å². The van der Waals surface area contributed by atoms with E-state index in [0.29, 0.717) is 16.3 Å². The molecule has 1 heterocycles. The largest absolute Gasteiger partial charge is 0.426 e. The molecule has 23 heavy (non-hydrogen) atoms. The number of rotatable bonds is 6. The van der Waals surface area contributed by atoms with Gasteiger partial charge in [-0.1, -0.05) is 6.07 Å². The second-order valence-electron chi connectivity index (χ2n) is 4.66. The summed E-state index contributed by atoms with van der Waals surface area (Å²) in [5.74, 6) is -0.430. The van der Waals surface area contributed by atoms with Crippen molar-refractivity contribution < 1.29 is 19.1 Å². The van der Waals surface area contributed by atoms with Gasteiger partial charge in [0, 0.05) is 19.2 Å². The number of carbonyl (C=O) groups is 3. The number of anilines is 1. The van der Waals surface area contributed by atoms with E-state index >= 15 is 0 Å². The maximum absolute atomic E-state index is 11.7. The first-order chi connectivity index (χ1) is 11.0. The Hall–Kier alpha value is -2.67. The van der Waals surface area contributed by atoms with Crippen LogP contribution in [0.25, 0.3) is 0 Å². The summed E-state index contributed by atoms with van der Waals surface area (Å²) in [5.41, 5.74) is 0.625. The van der Waals surface area contributed by atoms with E-state index in [9.17, 15) is 14.4 Å². The standard InChI is InChI=1S/C16H16N2O4S/c1-11(19)18-12-4-6-13(7-5-12)22-15(20)8-9-17-16(21)14-3-2-10-23-14/h2-7,10H,8-9H2,1H3,(H,17,21)(H,18,19). The second kappa shape index (κ2) is 8.09. The van der Waals surface area contributed by atoms with Gasteiger partial charge in [0.25, 0.3) is 5.91 Å². The van der Waals surface area contributed by atoms with E-state index in [1.54, 1.807) is 36.4 Å². The minimum absolute atomic E-state index is 0.0740. The zero-order chi connectivity index (χ0) is 16.7. The smallest absolute Gasteiger partial charge is 0.312 e. The zero-order valence-corrected chi connectivity index (χ0v) is 13.3. The van der Waals surface area contributed by atoms with Crippen LogP contribution in [0.2, 0.25) is 0 Å². The maximum atomic E-state index is 11.7. The van der Waals surface area contributed by atoms with Crippen molar-refractivity contribution in [3.05, 3.63) is 46.7 Å². The van der Waals surface area contributed by atoms with Gasteiger partial charge in [0.1, 0.15) is 5.75 Å². The van der Waals surface area contributed by atoms with E-state index in [4.69, 9.17) is 4.74 Å². The molecule has 7 heteroatoms. The van der Waals surface area contributed by atoms with Crippen LogP contribution in [0.5, 0.6) is 5.75 Å². The topological polar surface area (TPSA) is 84.5 Å². The number of carbonyl (C=O) groups excluding carboxylic acids is 3. The zero-order valence-electron chi connectivity index (χ0n) is 12.5. The molecule has 0 fully saturated rings. The lowest BCUT2D eigenvalue weighted by Crippen LogP contribution is -2.26. The number of esters is 1. The molecule has 6 nitrogen and oxygen atoms in total. The average Bonchev–Trinajstić information content (AvgIpc) is 3.03. The lowest BCUT2D eigenvalue weighted by Gasteiger charge is -2.07. The van der Waals surface area contributed by atoms with Gasteiger partial charge in [-0.25, -0.2) is 0 Å². The molecule has 2 N–H and O–H groups in total. The molecule has 0 unspecified atom stereocenters. The van der Waals surface area contributed by atoms with Gasteiger partial charge in [-0.2, -0.15) is 0 Å². The Labute approximate surface area is 137 Å². The first-order valence-corrected chi connectivity index (χ1v) is 7.82. The molecule has 2 rings (SSSR count). The summed E-state index contributed by atoms with van der Waals surface area (Å²) in [5, 5.41) is 7.09. The van der Waals surface area contributed by atoms with E-state index in [2.05, 4.69) is 10.6 Å². The van der Waals surface area contributed by atoms with Crippen molar-refractivity contribution in [3.63, 3.8) is 0 Å². The Morgan fingerprint density at radius 2 is 1.87 bits per heavy atom. The van der Waals surface area contributed by atoms with Crippen molar-refractivity contribution in [1.82, 2.24) is 5.32 Å². The Bertz CT molecular complexity index is 681. The van der Waals surface area contributed by atoms with Crippen molar-refractivity contribution in [2.24, 2.45) is 0 Å². The van der Waals surface area contributed by atoms with Gasteiger partial charge in [0.15, 0.2) is 0 Å². The predicted octanol–water partition coefficient (Wildman–Crippen LogP) is 2.43. The molecule has 0 aliphatic rings. The lowest BCUT2D eigenvalue weighted by molar-refractivity contribution is -0.134. The Morgan fingerprint density at radius 1 is 1.13 bits per heavy atom. The monoisotopic (exact) mass is 332 g/mol. The molecule has 0 aliphatic heterocycles. The molecule has 0 aliphatic carbocycles. The van der Waals surface area contributed by atoms with Gasteiger partial charge >= 0.3 is 5.97 Å². The van der Waals surface area contributed by atoms with Crippen LogP contribution in [0.3, 0.4) is 0 Å². The maximum Gasteiger partial charge on any atom is 0.312 e. The molecule has 1 aromatic carbocycles. The van der Waals surface area contributed by atoms with E-state index < -0.39 is 5.97 Å². The Morgan fingerprint density at radius 3 is 2.48 bits per heavy atom. The molecular weight excluding hydrogens is 316 g/mol. The number of ether oxygens (including phenoxy) is 1. The summed E-state index contributed by atoms with van der Waals surface area (Å²) >= 11 is 1.34. The third kappa shape index (κ3) is 5.55. The molecule has 0 spiro atoms. The normalized spacial score (nSPS) is 9.96. The number of nitrogens with one attached hydrogen (secondary N) is 2. The van der Waals surface area contributed by atoms with Gasteiger partial charge < -0.3 is 15.4 Å². The van der Waals surface area contributed by atoms with Gasteiger partial charge in [-0.05, 0) is 35.7 Å². The predicted molar refractivity (Wildman–Crippen MR) is 87.6 cm³/mol. The number of hydrogen-bond donors (Lipinski definition) is 2. The molecular formula is C16H16N2O4S. The molecule has 0 bridgehead atoms. The summed E-state index contributed by atoms with van der Waals surface area (Å²) in [7, 11) is 0. The van der Waals surface area contributed by atoms with Crippen LogP contribution in [0.15, 0.2) is 41.8 Å². The van der Waals surface area contributed by atoms with Crippen LogP contribution in [-0.2, 0) is 9.59 Å². The highest BCUT2D eigenvalue weighted by Crippen LogP contribution is 2.16. The van der Waals surface area contributed by atoms with E-state index in [1.165, 1.54) is 18.3 Å². The van der Waals surface area contributed by atoms with E-state index in [-0.39, 0.29) is 24.8 Å². The van der Waals surface area contributed by atoms with Crippen molar-refractivity contribution >= 4 is 34.8 Å². The third-order valence-electron chi connectivity index (χ3n) is 2.77. The van der Waals surface area contributed by atoms with Gasteiger partial charge in [0.05, 0.1) is 11.3 Å². The first kappa shape index (κ1) is 16.7. The highest BCUT2D eigenvalue weighted by molar-refractivity contribution is 7.12. The molecule has 120 valence electrons. The Kier molecular flexibility index (Phi) is 5.87. The van der Waals surface area contributed by atoms with Crippen LogP contribution in [0.4, 0.5) is 5.69 Å². The van der Waals surface area contributed by atoms with Crippen molar-refractivity contribution in [2.45, 2.75) is 13.3 Å². The molecule has 1 aromatic heterocycles. The first-order valence-electron chi connectivity index (χ1n) is 6.94. The molecule has 0 atom stereocenters. The van der Waals surface area contributed by atoms with Gasteiger partial charge in [-0.3, -0.25) is 14.4 Å². The third-order valence-corrected chi connectivity index (χ3v) is 3.63. The summed E-state index contributed by atoms with van der Waals surface area (Å²) in [6.07, 6.45) is 0.0740. The minimum atomic E-state index is -0.441. The molecule has 0 radical (unpaired) electrons. The highest BCUT2D eigenvalue weighted by Gasteiger charge is 2.09. The average molecular weight is 332 g/mol. The minimum Gasteiger partial charge on any atom is -0.426 e. The summed E-state index contributed by atoms with van der Waals surface area (Å²) < 4.78 is 5.15. The summed E-state index contributed by atoms with van der Waals surface area (Å²) in [4.78, 5) is 34.9. The van der Waals surface area contributed by atoms with Gasteiger partial charge in [0.2, 0.25) is 5.91 Å². The van der Waals surface area contributed by atoms with Crippen molar-refractivity contribution in [3.8, 4) is 5.75 Å². The van der Waals surface area contributed by atoms with Crippen LogP contribution in [0, 0.1) is 0 Å². The Balaban J connectivity index is 1.74. The van der Waals surface area contributed by atoms with Crippen molar-refractivity contribution in [1.29, 1.82) is 0 Å². The number of thiophene rings is 1. The summed E-state index contributed by atoms with van der Waals surface area (Å²) in [6.45, 7) is 1.62. The van der Waals surface area contributed by atoms with Crippen LogP contribution >= 0.6 is 11.3 Å². The summed E-state index contributed by atoms with van der Waals surface area (Å²) in [6, 6.07) is 9.97. The molecule has 0 saturated carbocycles. The quantitative estimate of drug-likeness (QED) is 0.628. The fourth-order valence-corrected chi connectivity index (χ4v) is 2.41. The van der Waals surface area contributed by atoms with Crippen LogP contribution in [-0.4, -0.2) is 24.3 Å². The van der Waals surface area contributed by atoms with Crippen LogP contribution < -0.4 is 15.4 Å².